The van der Waals surface area contributed by atoms with Gasteiger partial charge in [-0.2, -0.15) is 0 Å². The number of thiophene rings is 1. The number of Topliss-reactive ketones (excluding diaryl/α,β-unsaturated/α-hetero) is 1. The van der Waals surface area contributed by atoms with E-state index in [0.29, 0.717) is 11.0 Å². The number of nitrogens with zero attached hydrogens (tertiary/aromatic N) is 3. The number of aromatic nitrogens is 2. The van der Waals surface area contributed by atoms with E-state index in [4.69, 9.17) is 16.2 Å². The van der Waals surface area contributed by atoms with Gasteiger partial charge in [0.25, 0.3) is 0 Å². The summed E-state index contributed by atoms with van der Waals surface area (Å²) in [5.41, 5.74) is 13.6. The number of ketones is 1. The molecule has 0 aliphatic carbocycles. The lowest BCUT2D eigenvalue weighted by Crippen LogP contribution is -2.26. The summed E-state index contributed by atoms with van der Waals surface area (Å²) in [6, 6.07) is 6.74. The molecule has 7 nitrogen and oxygen atoms in total. The van der Waals surface area contributed by atoms with Crippen molar-refractivity contribution >= 4 is 33.6 Å². The molecule has 0 radical (unpaired) electrons. The maximum absolute atomic E-state index is 12.4. The van der Waals surface area contributed by atoms with E-state index in [2.05, 4.69) is 9.97 Å². The molecule has 0 spiro atoms. The first kappa shape index (κ1) is 19.4. The SMILES string of the molecule is CN(C)Cc1ccnc(OCC(=O)C(N)c2ccc(-c3csc(N)n3)s2)c1. The average Bonchev–Trinajstić information content (AvgIpc) is 3.27. The smallest absolute Gasteiger partial charge is 0.213 e. The van der Waals surface area contributed by atoms with E-state index >= 15 is 0 Å². The van der Waals surface area contributed by atoms with Crippen LogP contribution in [0.4, 0.5) is 5.13 Å². The van der Waals surface area contributed by atoms with Crippen molar-refractivity contribution in [3.8, 4) is 16.5 Å². The molecule has 3 aromatic heterocycles. The van der Waals surface area contributed by atoms with Gasteiger partial charge < -0.3 is 21.1 Å². The van der Waals surface area contributed by atoms with Gasteiger partial charge in [-0.05, 0) is 37.9 Å². The summed E-state index contributed by atoms with van der Waals surface area (Å²) in [4.78, 5) is 24.6. The number of carbonyl (C=O) groups excluding carboxylic acids is 1. The number of pyridine rings is 1. The molecule has 3 aromatic rings. The van der Waals surface area contributed by atoms with Gasteiger partial charge in [0.05, 0.1) is 10.6 Å². The van der Waals surface area contributed by atoms with E-state index in [-0.39, 0.29) is 12.4 Å². The predicted octanol–water partition coefficient (Wildman–Crippen LogP) is 2.56. The van der Waals surface area contributed by atoms with Gasteiger partial charge in [0.15, 0.2) is 17.5 Å². The number of hydrogen-bond donors (Lipinski definition) is 2. The van der Waals surface area contributed by atoms with Gasteiger partial charge in [-0.1, -0.05) is 0 Å². The predicted molar refractivity (Wildman–Crippen MR) is 109 cm³/mol. The lowest BCUT2D eigenvalue weighted by molar-refractivity contribution is -0.122. The van der Waals surface area contributed by atoms with Crippen molar-refractivity contribution in [2.24, 2.45) is 5.73 Å². The van der Waals surface area contributed by atoms with Crippen LogP contribution in [0, 0.1) is 0 Å². The average molecular weight is 404 g/mol. The van der Waals surface area contributed by atoms with Gasteiger partial charge in [-0.3, -0.25) is 4.79 Å². The summed E-state index contributed by atoms with van der Waals surface area (Å²) in [5, 5.41) is 2.39. The Morgan fingerprint density at radius 2 is 2.15 bits per heavy atom. The number of thiazole rings is 1. The Labute approximate surface area is 165 Å². The Balaban J connectivity index is 1.60. The topological polar surface area (TPSA) is 107 Å². The Bertz CT molecular complexity index is 922. The Morgan fingerprint density at radius 3 is 2.85 bits per heavy atom. The highest BCUT2D eigenvalue weighted by molar-refractivity contribution is 7.17. The molecule has 27 heavy (non-hydrogen) atoms. The van der Waals surface area contributed by atoms with E-state index in [1.54, 1.807) is 6.20 Å². The Hall–Kier alpha value is -2.33. The van der Waals surface area contributed by atoms with E-state index in [1.165, 1.54) is 22.7 Å². The summed E-state index contributed by atoms with van der Waals surface area (Å²) in [5.74, 6) is 0.209. The summed E-state index contributed by atoms with van der Waals surface area (Å²) >= 11 is 2.81. The highest BCUT2D eigenvalue weighted by Crippen LogP contribution is 2.32. The van der Waals surface area contributed by atoms with Crippen LogP contribution >= 0.6 is 22.7 Å². The third kappa shape index (κ3) is 5.10. The Morgan fingerprint density at radius 1 is 1.33 bits per heavy atom. The summed E-state index contributed by atoms with van der Waals surface area (Å²) < 4.78 is 5.55. The van der Waals surface area contributed by atoms with Gasteiger partial charge in [0, 0.05) is 29.1 Å². The zero-order valence-electron chi connectivity index (χ0n) is 15.1. The fraction of sp³-hybridized carbons (Fsp3) is 0.278. The van der Waals surface area contributed by atoms with Crippen LogP contribution in [-0.2, 0) is 11.3 Å². The number of rotatable bonds is 8. The van der Waals surface area contributed by atoms with Crippen LogP contribution < -0.4 is 16.2 Å². The number of anilines is 1. The second kappa shape index (κ2) is 8.57. The maximum Gasteiger partial charge on any atom is 0.213 e. The first-order valence-corrected chi connectivity index (χ1v) is 9.94. The second-order valence-corrected chi connectivity index (χ2v) is 8.25. The van der Waals surface area contributed by atoms with Crippen molar-refractivity contribution < 1.29 is 9.53 Å². The number of ether oxygens (including phenoxy) is 1. The molecule has 3 rings (SSSR count). The van der Waals surface area contributed by atoms with Crippen molar-refractivity contribution in [3.63, 3.8) is 0 Å². The molecule has 3 heterocycles. The van der Waals surface area contributed by atoms with Crippen molar-refractivity contribution in [2.75, 3.05) is 26.4 Å². The molecule has 142 valence electrons. The molecule has 1 unspecified atom stereocenters. The van der Waals surface area contributed by atoms with Crippen LogP contribution in [0.5, 0.6) is 5.88 Å². The molecule has 9 heteroatoms. The normalized spacial score (nSPS) is 12.3. The molecule has 0 fully saturated rings. The van der Waals surface area contributed by atoms with E-state index in [1.807, 2.05) is 48.6 Å². The molecule has 0 saturated carbocycles. The van der Waals surface area contributed by atoms with E-state index in [9.17, 15) is 4.79 Å². The monoisotopic (exact) mass is 403 g/mol. The van der Waals surface area contributed by atoms with Gasteiger partial charge in [-0.25, -0.2) is 9.97 Å². The van der Waals surface area contributed by atoms with E-state index < -0.39 is 6.04 Å². The molecule has 0 aliphatic rings. The molecule has 0 saturated heterocycles. The minimum Gasteiger partial charge on any atom is -0.470 e. The third-order valence-electron chi connectivity index (χ3n) is 3.71. The standard InChI is InChI=1S/C18H21N5O2S2/c1-23(2)8-11-5-6-21-16(7-11)25-9-13(24)17(19)15-4-3-14(27-15)12-10-26-18(20)22-12/h3-7,10,17H,8-9,19H2,1-2H3,(H2,20,22). The van der Waals surface area contributed by atoms with Crippen molar-refractivity contribution in [3.05, 3.63) is 46.3 Å². The van der Waals surface area contributed by atoms with Crippen LogP contribution in [0.3, 0.4) is 0 Å². The van der Waals surface area contributed by atoms with Gasteiger partial charge >= 0.3 is 0 Å². The number of nitrogens with two attached hydrogens (primary N) is 2. The Kier molecular flexibility index (Phi) is 6.17. The highest BCUT2D eigenvalue weighted by atomic mass is 32.1. The summed E-state index contributed by atoms with van der Waals surface area (Å²) in [6.45, 7) is 0.641. The van der Waals surface area contributed by atoms with E-state index in [0.717, 1.165) is 27.6 Å². The maximum atomic E-state index is 12.4. The summed E-state index contributed by atoms with van der Waals surface area (Å²) in [6.07, 6.45) is 1.67. The van der Waals surface area contributed by atoms with Crippen molar-refractivity contribution in [2.45, 2.75) is 12.6 Å². The first-order chi connectivity index (χ1) is 12.9. The van der Waals surface area contributed by atoms with Crippen molar-refractivity contribution in [1.82, 2.24) is 14.9 Å². The quantitative estimate of drug-likeness (QED) is 0.595. The lowest BCUT2D eigenvalue weighted by Gasteiger charge is -2.12. The molecular formula is C18H21N5O2S2. The third-order valence-corrected chi connectivity index (χ3v) is 5.58. The van der Waals surface area contributed by atoms with Crippen LogP contribution in [0.2, 0.25) is 0 Å². The van der Waals surface area contributed by atoms with Crippen LogP contribution in [0.15, 0.2) is 35.8 Å². The summed E-state index contributed by atoms with van der Waals surface area (Å²) in [7, 11) is 3.97. The molecule has 0 aromatic carbocycles. The van der Waals surface area contributed by atoms with Crippen LogP contribution in [0.25, 0.3) is 10.6 Å². The number of carbonyl (C=O) groups is 1. The molecule has 0 aliphatic heterocycles. The van der Waals surface area contributed by atoms with Crippen molar-refractivity contribution in [1.29, 1.82) is 0 Å². The van der Waals surface area contributed by atoms with Gasteiger partial charge in [-0.15, -0.1) is 22.7 Å². The van der Waals surface area contributed by atoms with Gasteiger partial charge in [0.1, 0.15) is 6.04 Å². The van der Waals surface area contributed by atoms with Crippen LogP contribution in [-0.4, -0.2) is 41.4 Å². The fourth-order valence-corrected chi connectivity index (χ4v) is 4.08. The number of nitrogen functional groups attached to an aromatic ring is 1. The zero-order chi connectivity index (χ0) is 19.4. The molecular weight excluding hydrogens is 382 g/mol. The van der Waals surface area contributed by atoms with Gasteiger partial charge in [0.2, 0.25) is 5.88 Å². The molecule has 4 N–H and O–H groups in total. The first-order valence-electron chi connectivity index (χ1n) is 8.24. The lowest BCUT2D eigenvalue weighted by atomic mass is 10.2. The molecule has 0 amide bonds. The number of hydrogen-bond acceptors (Lipinski definition) is 9. The molecule has 1 atom stereocenters. The second-order valence-electron chi connectivity index (χ2n) is 6.25. The van der Waals surface area contributed by atoms with Crippen LogP contribution in [0.1, 0.15) is 16.5 Å². The largest absolute Gasteiger partial charge is 0.470 e. The fourth-order valence-electron chi connectivity index (χ4n) is 2.44. The minimum absolute atomic E-state index is 0.129. The minimum atomic E-state index is -0.746. The zero-order valence-corrected chi connectivity index (χ0v) is 16.7. The highest BCUT2D eigenvalue weighted by Gasteiger charge is 2.19. The molecule has 0 bridgehead atoms.